The summed E-state index contributed by atoms with van der Waals surface area (Å²) in [6.45, 7) is 2.27. The third-order valence-electron chi connectivity index (χ3n) is 5.47. The minimum absolute atomic E-state index is 0.133. The van der Waals surface area contributed by atoms with Gasteiger partial charge in [0, 0.05) is 26.1 Å². The smallest absolute Gasteiger partial charge is 0.243 e. The molecule has 2 fully saturated rings. The maximum Gasteiger partial charge on any atom is 0.243 e. The zero-order chi connectivity index (χ0) is 19.1. The largest absolute Gasteiger partial charge is 0.379 e. The number of morpholine rings is 1. The highest BCUT2D eigenvalue weighted by Crippen LogP contribution is 2.26. The number of hydrogen-bond acceptors (Lipinski definition) is 4. The Labute approximate surface area is 162 Å². The van der Waals surface area contributed by atoms with Gasteiger partial charge in [0.15, 0.2) is 0 Å². The molecule has 1 aliphatic carbocycles. The molecule has 3 rings (SSSR count). The van der Waals surface area contributed by atoms with E-state index in [9.17, 15) is 13.2 Å². The second-order valence-corrected chi connectivity index (χ2v) is 9.41. The first kappa shape index (κ1) is 20.3. The Kier molecular flexibility index (Phi) is 7.26. The number of benzene rings is 1. The van der Waals surface area contributed by atoms with Gasteiger partial charge in [-0.2, -0.15) is 4.31 Å². The lowest BCUT2D eigenvalue weighted by Gasteiger charge is -2.26. The van der Waals surface area contributed by atoms with Gasteiger partial charge in [-0.1, -0.05) is 31.4 Å². The standard InChI is InChI=1S/C20H30N2O4S/c23-20(16-18-4-2-1-3-5-18)21-11-10-17-6-8-19(9-7-17)27(24,25)22-12-14-26-15-13-22/h6-9,18H,1-5,10-16H2,(H,21,23). The summed E-state index contributed by atoms with van der Waals surface area (Å²) in [6.07, 6.45) is 7.48. The molecule has 1 aromatic carbocycles. The maximum atomic E-state index is 12.6. The molecular weight excluding hydrogens is 364 g/mol. The Bertz CT molecular complexity index is 706. The number of amides is 1. The highest BCUT2D eigenvalue weighted by Gasteiger charge is 2.26. The molecule has 27 heavy (non-hydrogen) atoms. The van der Waals surface area contributed by atoms with Crippen molar-refractivity contribution in [2.24, 2.45) is 5.92 Å². The van der Waals surface area contributed by atoms with E-state index in [1.54, 1.807) is 12.1 Å². The molecule has 1 N–H and O–H groups in total. The predicted octanol–water partition coefficient (Wildman–Crippen LogP) is 2.34. The van der Waals surface area contributed by atoms with E-state index < -0.39 is 10.0 Å². The van der Waals surface area contributed by atoms with Crippen molar-refractivity contribution < 1.29 is 17.9 Å². The minimum Gasteiger partial charge on any atom is -0.379 e. The van der Waals surface area contributed by atoms with Crippen molar-refractivity contribution in [3.05, 3.63) is 29.8 Å². The number of sulfonamides is 1. The second kappa shape index (κ2) is 9.66. The van der Waals surface area contributed by atoms with Crippen LogP contribution in [0.3, 0.4) is 0 Å². The summed E-state index contributed by atoms with van der Waals surface area (Å²) in [5.74, 6) is 0.678. The van der Waals surface area contributed by atoms with E-state index in [1.165, 1.54) is 36.4 Å². The second-order valence-electron chi connectivity index (χ2n) is 7.47. The first-order chi connectivity index (χ1) is 13.1. The zero-order valence-corrected chi connectivity index (χ0v) is 16.7. The quantitative estimate of drug-likeness (QED) is 0.770. The van der Waals surface area contributed by atoms with Gasteiger partial charge in [-0.3, -0.25) is 4.79 Å². The lowest BCUT2D eigenvalue weighted by atomic mass is 9.87. The van der Waals surface area contributed by atoms with Gasteiger partial charge >= 0.3 is 0 Å². The van der Waals surface area contributed by atoms with E-state index >= 15 is 0 Å². The van der Waals surface area contributed by atoms with Gasteiger partial charge in [0.05, 0.1) is 18.1 Å². The normalized spacial score (nSPS) is 19.7. The lowest BCUT2D eigenvalue weighted by Crippen LogP contribution is -2.40. The van der Waals surface area contributed by atoms with Crippen LogP contribution in [0.1, 0.15) is 44.1 Å². The molecule has 150 valence electrons. The molecule has 0 spiro atoms. The summed E-state index contributed by atoms with van der Waals surface area (Å²) >= 11 is 0. The average molecular weight is 395 g/mol. The van der Waals surface area contributed by atoms with Gasteiger partial charge in [-0.25, -0.2) is 8.42 Å². The monoisotopic (exact) mass is 394 g/mol. The maximum absolute atomic E-state index is 12.6. The summed E-state index contributed by atoms with van der Waals surface area (Å²) in [4.78, 5) is 12.4. The Morgan fingerprint density at radius 1 is 1.07 bits per heavy atom. The Balaban J connectivity index is 1.45. The van der Waals surface area contributed by atoms with E-state index in [-0.39, 0.29) is 5.91 Å². The Morgan fingerprint density at radius 2 is 1.74 bits per heavy atom. The first-order valence-corrected chi connectivity index (χ1v) is 11.4. The summed E-state index contributed by atoms with van der Waals surface area (Å²) in [7, 11) is -3.45. The highest BCUT2D eigenvalue weighted by atomic mass is 32.2. The fourth-order valence-electron chi connectivity index (χ4n) is 3.84. The van der Waals surface area contributed by atoms with E-state index in [4.69, 9.17) is 4.74 Å². The van der Waals surface area contributed by atoms with Crippen LogP contribution in [0.4, 0.5) is 0 Å². The molecular formula is C20H30N2O4S. The number of rotatable bonds is 7. The van der Waals surface area contributed by atoms with Gasteiger partial charge in [0.2, 0.25) is 15.9 Å². The summed E-state index contributed by atoms with van der Waals surface area (Å²) in [5.41, 5.74) is 1.02. The molecule has 1 saturated carbocycles. The molecule has 0 radical (unpaired) electrons. The molecule has 1 saturated heterocycles. The van der Waals surface area contributed by atoms with Crippen LogP contribution < -0.4 is 5.32 Å². The number of nitrogens with one attached hydrogen (secondary N) is 1. The molecule has 1 amide bonds. The van der Waals surface area contributed by atoms with Gasteiger partial charge in [0.25, 0.3) is 0 Å². The highest BCUT2D eigenvalue weighted by molar-refractivity contribution is 7.89. The lowest BCUT2D eigenvalue weighted by molar-refractivity contribution is -0.122. The van der Waals surface area contributed by atoms with Crippen LogP contribution in [0.5, 0.6) is 0 Å². The van der Waals surface area contributed by atoms with E-state index in [1.807, 2.05) is 12.1 Å². The van der Waals surface area contributed by atoms with Crippen LogP contribution in [0.2, 0.25) is 0 Å². The van der Waals surface area contributed by atoms with Crippen molar-refractivity contribution in [1.29, 1.82) is 0 Å². The summed E-state index contributed by atoms with van der Waals surface area (Å²) in [6, 6.07) is 6.98. The third-order valence-corrected chi connectivity index (χ3v) is 7.38. The van der Waals surface area contributed by atoms with Gasteiger partial charge < -0.3 is 10.1 Å². The minimum atomic E-state index is -3.45. The summed E-state index contributed by atoms with van der Waals surface area (Å²) in [5, 5.41) is 3.00. The molecule has 6 nitrogen and oxygen atoms in total. The van der Waals surface area contributed by atoms with Gasteiger partial charge in [-0.15, -0.1) is 0 Å². The SMILES string of the molecule is O=C(CC1CCCCC1)NCCc1ccc(S(=O)(=O)N2CCOCC2)cc1. The van der Waals surface area contributed by atoms with Crippen LogP contribution >= 0.6 is 0 Å². The predicted molar refractivity (Wildman–Crippen MR) is 104 cm³/mol. The van der Waals surface area contributed by atoms with Gasteiger partial charge in [-0.05, 0) is 42.9 Å². The third kappa shape index (κ3) is 5.77. The van der Waals surface area contributed by atoms with E-state index in [0.29, 0.717) is 56.5 Å². The number of nitrogens with zero attached hydrogens (tertiary/aromatic N) is 1. The number of ether oxygens (including phenoxy) is 1. The molecule has 1 aliphatic heterocycles. The van der Waals surface area contributed by atoms with Crippen molar-refractivity contribution >= 4 is 15.9 Å². The van der Waals surface area contributed by atoms with Gasteiger partial charge in [0.1, 0.15) is 0 Å². The molecule has 0 atom stereocenters. The average Bonchev–Trinajstić information content (AvgIpc) is 2.70. The van der Waals surface area contributed by atoms with Crippen LogP contribution in [0, 0.1) is 5.92 Å². The fourth-order valence-corrected chi connectivity index (χ4v) is 5.24. The number of carbonyl (C=O) groups excluding carboxylic acids is 1. The first-order valence-electron chi connectivity index (χ1n) is 9.99. The molecule has 1 heterocycles. The fraction of sp³-hybridized carbons (Fsp3) is 0.650. The zero-order valence-electron chi connectivity index (χ0n) is 15.9. The van der Waals surface area contributed by atoms with Crippen LogP contribution in [-0.4, -0.2) is 51.5 Å². The molecule has 7 heteroatoms. The molecule has 0 bridgehead atoms. The summed E-state index contributed by atoms with van der Waals surface area (Å²) < 4.78 is 31.9. The molecule has 0 aromatic heterocycles. The van der Waals surface area contributed by atoms with Crippen molar-refractivity contribution in [2.45, 2.75) is 49.8 Å². The molecule has 2 aliphatic rings. The van der Waals surface area contributed by atoms with Crippen LogP contribution in [0.15, 0.2) is 29.2 Å². The topological polar surface area (TPSA) is 75.7 Å². The van der Waals surface area contributed by atoms with Crippen molar-refractivity contribution in [3.8, 4) is 0 Å². The van der Waals surface area contributed by atoms with E-state index in [2.05, 4.69) is 5.32 Å². The Morgan fingerprint density at radius 3 is 2.41 bits per heavy atom. The molecule has 1 aromatic rings. The number of carbonyl (C=O) groups is 1. The molecule has 0 unspecified atom stereocenters. The van der Waals surface area contributed by atoms with Crippen LogP contribution in [-0.2, 0) is 26.0 Å². The number of hydrogen-bond donors (Lipinski definition) is 1. The van der Waals surface area contributed by atoms with Crippen LogP contribution in [0.25, 0.3) is 0 Å². The van der Waals surface area contributed by atoms with Crippen molar-refractivity contribution in [2.75, 3.05) is 32.8 Å². The Hall–Kier alpha value is -1.44. The van der Waals surface area contributed by atoms with Crippen molar-refractivity contribution in [3.63, 3.8) is 0 Å². The van der Waals surface area contributed by atoms with Crippen molar-refractivity contribution in [1.82, 2.24) is 9.62 Å². The van der Waals surface area contributed by atoms with E-state index in [0.717, 1.165) is 5.56 Å².